The lowest BCUT2D eigenvalue weighted by molar-refractivity contribution is -0.156. The summed E-state index contributed by atoms with van der Waals surface area (Å²) in [6.45, 7) is 4.74. The predicted molar refractivity (Wildman–Crippen MR) is 108 cm³/mol. The molecule has 2 atom stereocenters. The van der Waals surface area contributed by atoms with Crippen LogP contribution >= 0.6 is 0 Å². The molecule has 0 bridgehead atoms. The smallest absolute Gasteiger partial charge is 0.329 e. The molecule has 0 fully saturated rings. The quantitative estimate of drug-likeness (QED) is 0.137. The van der Waals surface area contributed by atoms with Crippen LogP contribution in [0.25, 0.3) is 0 Å². The van der Waals surface area contributed by atoms with Gasteiger partial charge in [-0.1, -0.05) is 6.08 Å². The van der Waals surface area contributed by atoms with E-state index in [1.807, 2.05) is 0 Å². The van der Waals surface area contributed by atoms with E-state index in [0.717, 1.165) is 22.0 Å². The molecule has 0 saturated carbocycles. The topological polar surface area (TPSA) is 127 Å². The SMILES string of the molecule is C/C=C\C(=O)N(C=O)C(C)C(=O)OCCCCCCOC(=O)C(C)N1C(=O)C=CC1=O. The summed E-state index contributed by atoms with van der Waals surface area (Å²) in [5.41, 5.74) is 0. The Labute approximate surface area is 180 Å². The van der Waals surface area contributed by atoms with Crippen LogP contribution in [0.3, 0.4) is 0 Å². The number of esters is 2. The van der Waals surface area contributed by atoms with Gasteiger partial charge in [-0.2, -0.15) is 0 Å². The monoisotopic (exact) mass is 436 g/mol. The fourth-order valence-corrected chi connectivity index (χ4v) is 2.72. The number of allylic oxidation sites excluding steroid dienone is 1. The molecule has 2 unspecified atom stereocenters. The third-order valence-corrected chi connectivity index (χ3v) is 4.53. The highest BCUT2D eigenvalue weighted by molar-refractivity contribution is 6.14. The Balaban J connectivity index is 2.18. The molecule has 0 N–H and O–H groups in total. The van der Waals surface area contributed by atoms with Crippen LogP contribution in [0.5, 0.6) is 0 Å². The summed E-state index contributed by atoms with van der Waals surface area (Å²) in [6, 6.07) is -2.01. The van der Waals surface area contributed by atoms with Crippen molar-refractivity contribution in [2.75, 3.05) is 13.2 Å². The summed E-state index contributed by atoms with van der Waals surface area (Å²) in [4.78, 5) is 71.4. The Kier molecular flexibility index (Phi) is 10.9. The lowest BCUT2D eigenvalue weighted by Gasteiger charge is -2.20. The standard InChI is InChI=1S/C21H28N2O8/c1-4-9-17(25)22(14-24)15(2)20(28)30-12-7-5-6-8-13-31-21(29)16(3)23-18(26)10-11-19(23)27/h4,9-11,14-16H,5-8,12-13H2,1-3H3/b9-4-. The van der Waals surface area contributed by atoms with Gasteiger partial charge in [-0.25, -0.2) is 9.59 Å². The van der Waals surface area contributed by atoms with Crippen molar-refractivity contribution in [2.24, 2.45) is 0 Å². The molecule has 1 aliphatic heterocycles. The van der Waals surface area contributed by atoms with E-state index in [9.17, 15) is 28.8 Å². The molecular weight excluding hydrogens is 408 g/mol. The second kappa shape index (κ2) is 13.1. The van der Waals surface area contributed by atoms with Crippen molar-refractivity contribution in [3.63, 3.8) is 0 Å². The van der Waals surface area contributed by atoms with Gasteiger partial charge in [0.2, 0.25) is 6.41 Å². The molecule has 0 saturated heterocycles. The highest BCUT2D eigenvalue weighted by atomic mass is 16.5. The highest BCUT2D eigenvalue weighted by Crippen LogP contribution is 2.11. The summed E-state index contributed by atoms with van der Waals surface area (Å²) in [7, 11) is 0. The maximum Gasteiger partial charge on any atom is 0.329 e. The van der Waals surface area contributed by atoms with Crippen molar-refractivity contribution < 1.29 is 38.2 Å². The average Bonchev–Trinajstić information content (AvgIpc) is 3.07. The minimum absolute atomic E-state index is 0.136. The van der Waals surface area contributed by atoms with Gasteiger partial charge < -0.3 is 9.47 Å². The van der Waals surface area contributed by atoms with Gasteiger partial charge in [-0.05, 0) is 52.5 Å². The first-order valence-corrected chi connectivity index (χ1v) is 10.0. The molecule has 0 aliphatic carbocycles. The molecule has 0 spiro atoms. The van der Waals surface area contributed by atoms with E-state index < -0.39 is 41.7 Å². The van der Waals surface area contributed by atoms with E-state index in [1.165, 1.54) is 26.0 Å². The van der Waals surface area contributed by atoms with Crippen LogP contribution in [-0.2, 0) is 38.2 Å². The summed E-state index contributed by atoms with van der Waals surface area (Å²) in [6.07, 6.45) is 7.71. The normalized spacial score (nSPS) is 15.1. The highest BCUT2D eigenvalue weighted by Gasteiger charge is 2.33. The third-order valence-electron chi connectivity index (χ3n) is 4.53. The Bertz CT molecular complexity index is 740. The molecule has 4 amide bonds. The van der Waals surface area contributed by atoms with Gasteiger partial charge in [0.1, 0.15) is 12.1 Å². The summed E-state index contributed by atoms with van der Waals surface area (Å²) >= 11 is 0. The number of carbonyl (C=O) groups is 6. The first-order valence-electron chi connectivity index (χ1n) is 10.0. The van der Waals surface area contributed by atoms with E-state index in [0.29, 0.717) is 32.1 Å². The lowest BCUT2D eigenvalue weighted by Crippen LogP contribution is -2.43. The summed E-state index contributed by atoms with van der Waals surface area (Å²) < 4.78 is 10.2. The molecule has 0 aromatic carbocycles. The number of amides is 4. The molecule has 170 valence electrons. The van der Waals surface area contributed by atoms with Gasteiger partial charge in [-0.3, -0.25) is 29.0 Å². The van der Waals surface area contributed by atoms with Crippen molar-refractivity contribution in [3.8, 4) is 0 Å². The van der Waals surface area contributed by atoms with Crippen LogP contribution < -0.4 is 0 Å². The molecule has 1 heterocycles. The maximum absolute atomic E-state index is 12.0. The third kappa shape index (κ3) is 7.80. The zero-order valence-electron chi connectivity index (χ0n) is 17.9. The molecule has 0 radical (unpaired) electrons. The van der Waals surface area contributed by atoms with Crippen LogP contribution in [0.2, 0.25) is 0 Å². The van der Waals surface area contributed by atoms with E-state index in [2.05, 4.69) is 0 Å². The zero-order chi connectivity index (χ0) is 23.4. The average molecular weight is 436 g/mol. The molecule has 0 aromatic heterocycles. The Hall–Kier alpha value is -3.30. The number of imide groups is 2. The van der Waals surface area contributed by atoms with Gasteiger partial charge in [-0.15, -0.1) is 0 Å². The Morgan fingerprint density at radius 3 is 1.97 bits per heavy atom. The molecular formula is C21H28N2O8. The predicted octanol–water partition coefficient (Wildman–Crippen LogP) is 0.896. The first-order chi connectivity index (χ1) is 14.7. The number of unbranched alkanes of at least 4 members (excludes halogenated alkanes) is 3. The summed E-state index contributed by atoms with van der Waals surface area (Å²) in [5.74, 6) is -3.00. The Morgan fingerprint density at radius 1 is 0.968 bits per heavy atom. The lowest BCUT2D eigenvalue weighted by atomic mass is 10.2. The molecule has 0 aromatic rings. The van der Waals surface area contributed by atoms with E-state index in [1.54, 1.807) is 6.92 Å². The minimum atomic E-state index is -1.02. The minimum Gasteiger partial charge on any atom is -0.464 e. The molecule has 1 rings (SSSR count). The van der Waals surface area contributed by atoms with Crippen LogP contribution in [0, 0.1) is 0 Å². The number of hydrogen-bond donors (Lipinski definition) is 0. The van der Waals surface area contributed by atoms with Gasteiger partial charge in [0.05, 0.1) is 13.2 Å². The van der Waals surface area contributed by atoms with Crippen LogP contribution in [0.1, 0.15) is 46.5 Å². The van der Waals surface area contributed by atoms with Crippen molar-refractivity contribution in [3.05, 3.63) is 24.3 Å². The molecule has 10 heteroatoms. The van der Waals surface area contributed by atoms with Crippen molar-refractivity contribution >= 4 is 36.1 Å². The fraction of sp³-hybridized carbons (Fsp3) is 0.524. The van der Waals surface area contributed by atoms with Crippen molar-refractivity contribution in [1.29, 1.82) is 0 Å². The van der Waals surface area contributed by atoms with Gasteiger partial charge in [0.15, 0.2) is 0 Å². The van der Waals surface area contributed by atoms with Gasteiger partial charge in [0, 0.05) is 12.2 Å². The number of nitrogens with zero attached hydrogens (tertiary/aromatic N) is 2. The fourth-order valence-electron chi connectivity index (χ4n) is 2.72. The number of hydrogen-bond acceptors (Lipinski definition) is 8. The van der Waals surface area contributed by atoms with Gasteiger partial charge >= 0.3 is 11.9 Å². The first kappa shape index (κ1) is 25.7. The largest absolute Gasteiger partial charge is 0.464 e. The van der Waals surface area contributed by atoms with Crippen LogP contribution in [-0.4, -0.2) is 71.2 Å². The number of ether oxygens (including phenoxy) is 2. The second-order valence-corrected chi connectivity index (χ2v) is 6.83. The van der Waals surface area contributed by atoms with Crippen molar-refractivity contribution in [2.45, 2.75) is 58.5 Å². The van der Waals surface area contributed by atoms with Gasteiger partial charge in [0.25, 0.3) is 17.7 Å². The van der Waals surface area contributed by atoms with E-state index in [-0.39, 0.29) is 13.2 Å². The Morgan fingerprint density at radius 2 is 1.48 bits per heavy atom. The van der Waals surface area contributed by atoms with E-state index >= 15 is 0 Å². The van der Waals surface area contributed by atoms with E-state index in [4.69, 9.17) is 9.47 Å². The van der Waals surface area contributed by atoms with Crippen LogP contribution in [0.4, 0.5) is 0 Å². The second-order valence-electron chi connectivity index (χ2n) is 6.83. The number of rotatable bonds is 13. The molecule has 31 heavy (non-hydrogen) atoms. The summed E-state index contributed by atoms with van der Waals surface area (Å²) in [5, 5.41) is 0. The molecule has 1 aliphatic rings. The van der Waals surface area contributed by atoms with Crippen LogP contribution in [0.15, 0.2) is 24.3 Å². The molecule has 10 nitrogen and oxygen atoms in total. The zero-order valence-corrected chi connectivity index (χ0v) is 17.9. The maximum atomic E-state index is 12.0. The van der Waals surface area contributed by atoms with Crippen molar-refractivity contribution in [1.82, 2.24) is 9.80 Å². The number of carbonyl (C=O) groups excluding carboxylic acids is 6.